The van der Waals surface area contributed by atoms with Crippen LogP contribution in [0.4, 0.5) is 10.2 Å². The second-order valence-electron chi connectivity index (χ2n) is 9.01. The van der Waals surface area contributed by atoms with Crippen LogP contribution in [0.2, 0.25) is 0 Å². The Kier molecular flexibility index (Phi) is 5.07. The maximum absolute atomic E-state index is 13.8. The number of hydrogen-bond acceptors (Lipinski definition) is 5. The number of aryl methyl sites for hydroxylation is 1. The summed E-state index contributed by atoms with van der Waals surface area (Å²) in [4.78, 5) is 22.8. The average Bonchev–Trinajstić information content (AvgIpc) is 3.20. The van der Waals surface area contributed by atoms with Gasteiger partial charge in [0, 0.05) is 48.3 Å². The molecule has 1 aliphatic heterocycles. The Morgan fingerprint density at radius 2 is 1.97 bits per heavy atom. The molecule has 1 fully saturated rings. The Hall–Kier alpha value is -3.71. The van der Waals surface area contributed by atoms with E-state index < -0.39 is 0 Å². The monoisotopic (exact) mass is 456 g/mol. The number of aromatic amines is 1. The molecule has 6 nitrogen and oxygen atoms in total. The minimum atomic E-state index is -0.305. The molecule has 0 aliphatic carbocycles. The fraction of sp³-hybridized carbons (Fsp3) is 0.259. The minimum Gasteiger partial charge on any atom is -0.422 e. The number of halogens is 1. The number of H-pyrrole nitrogens is 1. The number of aromatic nitrogens is 2. The van der Waals surface area contributed by atoms with Gasteiger partial charge in [-0.25, -0.2) is 14.2 Å². The second-order valence-corrected chi connectivity index (χ2v) is 9.01. The fourth-order valence-electron chi connectivity index (χ4n) is 5.11. The van der Waals surface area contributed by atoms with E-state index in [0.29, 0.717) is 23.6 Å². The van der Waals surface area contributed by atoms with Crippen molar-refractivity contribution >= 4 is 38.5 Å². The predicted molar refractivity (Wildman–Crippen MR) is 133 cm³/mol. The van der Waals surface area contributed by atoms with Crippen molar-refractivity contribution in [2.75, 3.05) is 18.0 Å². The van der Waals surface area contributed by atoms with Crippen LogP contribution in [0.15, 0.2) is 63.9 Å². The first-order valence-electron chi connectivity index (χ1n) is 11.6. The summed E-state index contributed by atoms with van der Waals surface area (Å²) in [6.45, 7) is 4.31. The van der Waals surface area contributed by atoms with Crippen LogP contribution in [-0.2, 0) is 6.54 Å². The molecule has 3 aromatic heterocycles. The van der Waals surface area contributed by atoms with Crippen molar-refractivity contribution in [3.05, 3.63) is 82.2 Å². The standard InChI is InChI=1S/C27H25FN4O2/c1-16-22(31-25-20-4-2-3-5-23(20)34-27(33)24(16)25)15-30-19-9-12-32(13-10-19)26-21-14-18(28)7-6-17(21)8-11-29-26/h2-8,11,14,19,30-31H,9-10,12-13,15H2,1H3. The predicted octanol–water partition coefficient (Wildman–Crippen LogP) is 5.03. The van der Waals surface area contributed by atoms with Crippen molar-refractivity contribution < 1.29 is 8.81 Å². The van der Waals surface area contributed by atoms with Gasteiger partial charge in [-0.15, -0.1) is 0 Å². The first-order valence-corrected chi connectivity index (χ1v) is 11.6. The number of pyridine rings is 1. The molecule has 0 saturated carbocycles. The normalized spacial score (nSPS) is 15.1. The van der Waals surface area contributed by atoms with Gasteiger partial charge in [0.15, 0.2) is 0 Å². The molecule has 6 rings (SSSR count). The molecule has 0 spiro atoms. The number of para-hydroxylation sites is 1. The Balaban J connectivity index is 1.18. The fourth-order valence-corrected chi connectivity index (χ4v) is 5.11. The zero-order chi connectivity index (χ0) is 23.2. The lowest BCUT2D eigenvalue weighted by atomic mass is 10.0. The van der Waals surface area contributed by atoms with Gasteiger partial charge < -0.3 is 19.6 Å². The topological polar surface area (TPSA) is 74.2 Å². The van der Waals surface area contributed by atoms with Gasteiger partial charge in [0.25, 0.3) is 0 Å². The quantitative estimate of drug-likeness (QED) is 0.371. The maximum Gasteiger partial charge on any atom is 0.346 e. The van der Waals surface area contributed by atoms with Crippen LogP contribution in [0.3, 0.4) is 0 Å². The van der Waals surface area contributed by atoms with Crippen LogP contribution in [0.25, 0.3) is 32.6 Å². The van der Waals surface area contributed by atoms with E-state index >= 15 is 0 Å². The van der Waals surface area contributed by atoms with Crippen molar-refractivity contribution in [3.8, 4) is 0 Å². The summed E-state index contributed by atoms with van der Waals surface area (Å²) in [5.74, 6) is 0.606. The van der Waals surface area contributed by atoms with Crippen molar-refractivity contribution in [2.24, 2.45) is 0 Å². The Morgan fingerprint density at radius 3 is 2.82 bits per heavy atom. The van der Waals surface area contributed by atoms with Gasteiger partial charge in [0.2, 0.25) is 0 Å². The van der Waals surface area contributed by atoms with E-state index in [4.69, 9.17) is 4.42 Å². The van der Waals surface area contributed by atoms with Crippen LogP contribution in [-0.4, -0.2) is 29.1 Å². The van der Waals surface area contributed by atoms with Crippen LogP contribution in [0.1, 0.15) is 24.1 Å². The van der Waals surface area contributed by atoms with Crippen LogP contribution in [0, 0.1) is 12.7 Å². The molecule has 172 valence electrons. The smallest absolute Gasteiger partial charge is 0.346 e. The lowest BCUT2D eigenvalue weighted by Gasteiger charge is -2.33. The molecule has 1 saturated heterocycles. The van der Waals surface area contributed by atoms with Crippen LogP contribution < -0.4 is 15.8 Å². The van der Waals surface area contributed by atoms with Gasteiger partial charge in [-0.3, -0.25) is 0 Å². The third kappa shape index (κ3) is 3.53. The molecular weight excluding hydrogens is 431 g/mol. The van der Waals surface area contributed by atoms with Gasteiger partial charge in [0.1, 0.15) is 17.2 Å². The molecule has 0 unspecified atom stereocenters. The highest BCUT2D eigenvalue weighted by atomic mass is 19.1. The first kappa shape index (κ1) is 20.9. The van der Waals surface area contributed by atoms with Crippen molar-refractivity contribution in [1.29, 1.82) is 0 Å². The second kappa shape index (κ2) is 8.25. The molecule has 2 aromatic carbocycles. The van der Waals surface area contributed by atoms with E-state index in [1.165, 1.54) is 6.07 Å². The SMILES string of the molecule is Cc1c(CNC2CCN(c3nccc4ccc(F)cc34)CC2)[nH]c2c1c(=O)oc1ccccc12. The van der Waals surface area contributed by atoms with E-state index in [1.807, 2.05) is 37.3 Å². The van der Waals surface area contributed by atoms with E-state index in [9.17, 15) is 9.18 Å². The summed E-state index contributed by atoms with van der Waals surface area (Å²) in [7, 11) is 0. The first-order chi connectivity index (χ1) is 16.6. The molecule has 34 heavy (non-hydrogen) atoms. The zero-order valence-electron chi connectivity index (χ0n) is 18.9. The summed E-state index contributed by atoms with van der Waals surface area (Å²) < 4.78 is 19.4. The number of nitrogens with one attached hydrogen (secondary N) is 2. The van der Waals surface area contributed by atoms with Crippen LogP contribution in [0.5, 0.6) is 0 Å². The molecule has 7 heteroatoms. The molecule has 5 aromatic rings. The lowest BCUT2D eigenvalue weighted by molar-refractivity contribution is 0.411. The van der Waals surface area contributed by atoms with Gasteiger partial charge in [0.05, 0.1) is 10.9 Å². The highest BCUT2D eigenvalue weighted by molar-refractivity contribution is 6.03. The zero-order valence-corrected chi connectivity index (χ0v) is 18.9. The summed E-state index contributed by atoms with van der Waals surface area (Å²) in [6.07, 6.45) is 3.70. The number of nitrogens with zero attached hydrogens (tertiary/aromatic N) is 2. The van der Waals surface area contributed by atoms with Crippen molar-refractivity contribution in [1.82, 2.24) is 15.3 Å². The van der Waals surface area contributed by atoms with E-state index in [2.05, 4.69) is 20.2 Å². The highest BCUT2D eigenvalue weighted by Gasteiger charge is 2.22. The van der Waals surface area contributed by atoms with Gasteiger partial charge in [-0.05, 0) is 61.0 Å². The number of anilines is 1. The lowest BCUT2D eigenvalue weighted by Crippen LogP contribution is -2.42. The number of piperidine rings is 1. The van der Waals surface area contributed by atoms with Gasteiger partial charge >= 0.3 is 5.63 Å². The molecule has 0 amide bonds. The third-order valence-corrected chi connectivity index (χ3v) is 6.99. The van der Waals surface area contributed by atoms with E-state index in [-0.39, 0.29) is 11.4 Å². The number of rotatable bonds is 4. The molecule has 0 bridgehead atoms. The number of benzene rings is 2. The number of fused-ring (bicyclic) bond motifs is 4. The van der Waals surface area contributed by atoms with Crippen molar-refractivity contribution in [3.63, 3.8) is 0 Å². The summed E-state index contributed by atoms with van der Waals surface area (Å²) in [5.41, 5.74) is 3.06. The Morgan fingerprint density at radius 1 is 1.15 bits per heavy atom. The van der Waals surface area contributed by atoms with E-state index in [0.717, 1.165) is 64.7 Å². The Bertz CT molecular complexity index is 1580. The molecule has 0 atom stereocenters. The van der Waals surface area contributed by atoms with Crippen LogP contribution >= 0.6 is 0 Å². The average molecular weight is 457 g/mol. The van der Waals surface area contributed by atoms with Crippen molar-refractivity contribution in [2.45, 2.75) is 32.4 Å². The largest absolute Gasteiger partial charge is 0.422 e. The third-order valence-electron chi connectivity index (χ3n) is 6.99. The summed E-state index contributed by atoms with van der Waals surface area (Å²) in [6, 6.07) is 14.7. The highest BCUT2D eigenvalue weighted by Crippen LogP contribution is 2.29. The molecule has 1 aliphatic rings. The number of hydrogen-bond donors (Lipinski definition) is 2. The Labute approximate surface area is 195 Å². The molecule has 0 radical (unpaired) electrons. The van der Waals surface area contributed by atoms with E-state index in [1.54, 1.807) is 18.3 Å². The molecular formula is C27H25FN4O2. The molecule has 4 heterocycles. The molecule has 2 N–H and O–H groups in total. The van der Waals surface area contributed by atoms with Gasteiger partial charge in [-0.1, -0.05) is 18.2 Å². The van der Waals surface area contributed by atoms with Gasteiger partial charge in [-0.2, -0.15) is 0 Å². The maximum atomic E-state index is 13.8. The summed E-state index contributed by atoms with van der Waals surface area (Å²) in [5, 5.41) is 7.05. The summed E-state index contributed by atoms with van der Waals surface area (Å²) >= 11 is 0. The minimum absolute atomic E-state index is 0.242.